The summed E-state index contributed by atoms with van der Waals surface area (Å²) in [7, 11) is 0. The van der Waals surface area contributed by atoms with E-state index in [2.05, 4.69) is 5.32 Å². The SMILES string of the molecule is O=C(c1cc(Cl)ccc1[N+](=O)[O-])N1CCCC2CNCC21. The van der Waals surface area contributed by atoms with E-state index in [1.165, 1.54) is 18.2 Å². The molecule has 112 valence electrons. The van der Waals surface area contributed by atoms with Gasteiger partial charge in [0, 0.05) is 36.8 Å². The third-order valence-corrected chi connectivity index (χ3v) is 4.56. The molecule has 3 rings (SSSR count). The number of carbonyl (C=O) groups is 1. The molecule has 1 aromatic rings. The highest BCUT2D eigenvalue weighted by molar-refractivity contribution is 6.31. The largest absolute Gasteiger partial charge is 0.334 e. The Kier molecular flexibility index (Phi) is 3.82. The van der Waals surface area contributed by atoms with Crippen LogP contribution in [0, 0.1) is 16.0 Å². The molecule has 0 spiro atoms. The molecular weight excluding hydrogens is 294 g/mol. The Morgan fingerprint density at radius 2 is 2.24 bits per heavy atom. The van der Waals surface area contributed by atoms with E-state index in [0.29, 0.717) is 17.5 Å². The lowest BCUT2D eigenvalue weighted by atomic mass is 9.91. The van der Waals surface area contributed by atoms with Crippen LogP contribution < -0.4 is 5.32 Å². The zero-order valence-electron chi connectivity index (χ0n) is 11.4. The number of hydrogen-bond acceptors (Lipinski definition) is 4. The molecular formula is C14H16ClN3O3. The lowest BCUT2D eigenvalue weighted by Crippen LogP contribution is -2.48. The normalized spacial score (nSPS) is 24.7. The summed E-state index contributed by atoms with van der Waals surface area (Å²) < 4.78 is 0. The van der Waals surface area contributed by atoms with E-state index >= 15 is 0 Å². The van der Waals surface area contributed by atoms with Crippen LogP contribution in [0.5, 0.6) is 0 Å². The molecule has 2 fully saturated rings. The summed E-state index contributed by atoms with van der Waals surface area (Å²) in [5.74, 6) is 0.156. The average Bonchev–Trinajstić information content (AvgIpc) is 2.94. The zero-order valence-corrected chi connectivity index (χ0v) is 12.2. The van der Waals surface area contributed by atoms with Crippen molar-refractivity contribution in [2.75, 3.05) is 19.6 Å². The Labute approximate surface area is 127 Å². The van der Waals surface area contributed by atoms with Crippen LogP contribution in [0.1, 0.15) is 23.2 Å². The first-order chi connectivity index (χ1) is 10.1. The molecule has 0 aliphatic carbocycles. The summed E-state index contributed by atoms with van der Waals surface area (Å²) in [6.45, 7) is 2.31. The molecule has 1 N–H and O–H groups in total. The van der Waals surface area contributed by atoms with Crippen molar-refractivity contribution < 1.29 is 9.72 Å². The Morgan fingerprint density at radius 1 is 1.43 bits per heavy atom. The van der Waals surface area contributed by atoms with E-state index in [0.717, 1.165) is 25.9 Å². The van der Waals surface area contributed by atoms with Gasteiger partial charge in [0.15, 0.2) is 0 Å². The number of nitrogens with zero attached hydrogens (tertiary/aromatic N) is 2. The van der Waals surface area contributed by atoms with E-state index in [-0.39, 0.29) is 23.2 Å². The van der Waals surface area contributed by atoms with E-state index in [1.54, 1.807) is 4.90 Å². The number of carbonyl (C=O) groups excluding carboxylic acids is 1. The highest BCUT2D eigenvalue weighted by atomic mass is 35.5. The fourth-order valence-corrected chi connectivity index (χ4v) is 3.49. The van der Waals surface area contributed by atoms with Crippen LogP contribution in [-0.4, -0.2) is 41.4 Å². The molecule has 7 heteroatoms. The molecule has 21 heavy (non-hydrogen) atoms. The van der Waals surface area contributed by atoms with E-state index in [4.69, 9.17) is 11.6 Å². The number of fused-ring (bicyclic) bond motifs is 1. The summed E-state index contributed by atoms with van der Waals surface area (Å²) in [6, 6.07) is 4.26. The molecule has 2 aliphatic rings. The predicted octanol–water partition coefficient (Wildman–Crippen LogP) is 2.07. The summed E-state index contributed by atoms with van der Waals surface area (Å²) in [6.07, 6.45) is 2.03. The lowest BCUT2D eigenvalue weighted by molar-refractivity contribution is -0.385. The molecule has 0 radical (unpaired) electrons. The monoisotopic (exact) mass is 309 g/mol. The number of nitro groups is 1. The van der Waals surface area contributed by atoms with Gasteiger partial charge in [-0.25, -0.2) is 0 Å². The lowest BCUT2D eigenvalue weighted by Gasteiger charge is -2.37. The van der Waals surface area contributed by atoms with Crippen molar-refractivity contribution in [2.24, 2.45) is 5.92 Å². The van der Waals surface area contributed by atoms with Gasteiger partial charge in [0.05, 0.1) is 4.92 Å². The number of likely N-dealkylation sites (tertiary alicyclic amines) is 1. The maximum atomic E-state index is 12.8. The number of hydrogen-bond donors (Lipinski definition) is 1. The zero-order chi connectivity index (χ0) is 15.0. The smallest absolute Gasteiger partial charge is 0.282 e. The van der Waals surface area contributed by atoms with Crippen LogP contribution >= 0.6 is 11.6 Å². The summed E-state index contributed by atoms with van der Waals surface area (Å²) >= 11 is 5.91. The summed E-state index contributed by atoms with van der Waals surface area (Å²) in [5.41, 5.74) is -0.0995. The van der Waals surface area contributed by atoms with Crippen molar-refractivity contribution >= 4 is 23.2 Å². The molecule has 0 bridgehead atoms. The number of benzene rings is 1. The van der Waals surface area contributed by atoms with Gasteiger partial charge in [-0.3, -0.25) is 14.9 Å². The molecule has 1 aromatic carbocycles. The van der Waals surface area contributed by atoms with Gasteiger partial charge in [0.1, 0.15) is 5.56 Å². The van der Waals surface area contributed by atoms with Crippen LogP contribution in [-0.2, 0) is 0 Å². The molecule has 6 nitrogen and oxygen atoms in total. The summed E-state index contributed by atoms with van der Waals surface area (Å²) in [5, 5.41) is 14.8. The minimum atomic E-state index is -0.530. The maximum absolute atomic E-state index is 12.8. The Balaban J connectivity index is 1.94. The van der Waals surface area contributed by atoms with Crippen LogP contribution in [0.3, 0.4) is 0 Å². The van der Waals surface area contributed by atoms with E-state index in [9.17, 15) is 14.9 Å². The Hall–Kier alpha value is -1.66. The number of nitro benzene ring substituents is 1. The van der Waals surface area contributed by atoms with Gasteiger partial charge >= 0.3 is 0 Å². The first kappa shape index (κ1) is 14.3. The Bertz CT molecular complexity index is 593. The fraction of sp³-hybridized carbons (Fsp3) is 0.500. The van der Waals surface area contributed by atoms with Gasteiger partial charge in [-0.2, -0.15) is 0 Å². The topological polar surface area (TPSA) is 75.5 Å². The fourth-order valence-electron chi connectivity index (χ4n) is 3.31. The number of halogens is 1. The molecule has 2 unspecified atom stereocenters. The minimum Gasteiger partial charge on any atom is -0.334 e. The van der Waals surface area contributed by atoms with Crippen molar-refractivity contribution in [3.8, 4) is 0 Å². The van der Waals surface area contributed by atoms with E-state index < -0.39 is 4.92 Å². The number of piperidine rings is 1. The highest BCUT2D eigenvalue weighted by Gasteiger charge is 2.39. The second-order valence-electron chi connectivity index (χ2n) is 5.55. The molecule has 1 amide bonds. The second-order valence-corrected chi connectivity index (χ2v) is 5.98. The van der Waals surface area contributed by atoms with Crippen molar-refractivity contribution in [3.63, 3.8) is 0 Å². The van der Waals surface area contributed by atoms with E-state index in [1.807, 2.05) is 0 Å². The van der Waals surface area contributed by atoms with Crippen molar-refractivity contribution in [1.29, 1.82) is 0 Å². The maximum Gasteiger partial charge on any atom is 0.282 e. The first-order valence-corrected chi connectivity index (χ1v) is 7.41. The van der Waals surface area contributed by atoms with Gasteiger partial charge in [-0.1, -0.05) is 11.6 Å². The van der Waals surface area contributed by atoms with Gasteiger partial charge in [0.2, 0.25) is 0 Å². The van der Waals surface area contributed by atoms with Crippen molar-refractivity contribution in [2.45, 2.75) is 18.9 Å². The second kappa shape index (κ2) is 5.61. The van der Waals surface area contributed by atoms with Crippen LogP contribution in [0.2, 0.25) is 5.02 Å². The highest BCUT2D eigenvalue weighted by Crippen LogP contribution is 2.30. The van der Waals surface area contributed by atoms with Crippen LogP contribution in [0.25, 0.3) is 0 Å². The standard InChI is InChI=1S/C14H16ClN3O3/c15-10-3-4-12(18(20)21)11(6-10)14(19)17-5-1-2-9-7-16-8-13(9)17/h3-4,6,9,13,16H,1-2,5,7-8H2. The molecule has 0 aromatic heterocycles. The third kappa shape index (κ3) is 2.61. The quantitative estimate of drug-likeness (QED) is 0.670. The molecule has 2 aliphatic heterocycles. The third-order valence-electron chi connectivity index (χ3n) is 4.32. The van der Waals surface area contributed by atoms with Gasteiger partial charge in [-0.15, -0.1) is 0 Å². The van der Waals surface area contributed by atoms with Crippen LogP contribution in [0.4, 0.5) is 5.69 Å². The molecule has 0 saturated carbocycles. The predicted molar refractivity (Wildman–Crippen MR) is 78.5 cm³/mol. The summed E-state index contributed by atoms with van der Waals surface area (Å²) in [4.78, 5) is 25.1. The number of amides is 1. The molecule has 2 atom stereocenters. The Morgan fingerprint density at radius 3 is 3.00 bits per heavy atom. The molecule has 2 saturated heterocycles. The van der Waals surface area contributed by atoms with Crippen molar-refractivity contribution in [1.82, 2.24) is 10.2 Å². The average molecular weight is 310 g/mol. The van der Waals surface area contributed by atoms with Gasteiger partial charge < -0.3 is 10.2 Å². The van der Waals surface area contributed by atoms with Gasteiger partial charge in [0.25, 0.3) is 11.6 Å². The minimum absolute atomic E-state index is 0.0834. The van der Waals surface area contributed by atoms with Crippen molar-refractivity contribution in [3.05, 3.63) is 38.9 Å². The first-order valence-electron chi connectivity index (χ1n) is 7.03. The van der Waals surface area contributed by atoms with Crippen LogP contribution in [0.15, 0.2) is 18.2 Å². The van der Waals surface area contributed by atoms with Gasteiger partial charge in [-0.05, 0) is 30.9 Å². The number of nitrogens with one attached hydrogen (secondary N) is 1. The number of rotatable bonds is 2. The molecule has 2 heterocycles.